The lowest BCUT2D eigenvalue weighted by molar-refractivity contribution is -0.127. The number of amides is 2. The largest absolute Gasteiger partial charge is 0.379 e. The first-order chi connectivity index (χ1) is 13.2. The normalized spacial score (nSPS) is 17.9. The number of pyridine rings is 1. The number of likely N-dealkylation sites (tertiary alicyclic amines) is 1. The van der Waals surface area contributed by atoms with E-state index >= 15 is 0 Å². The van der Waals surface area contributed by atoms with Crippen LogP contribution in [0.4, 0.5) is 5.82 Å². The highest BCUT2D eigenvalue weighted by atomic mass is 16.5. The number of hydrogen-bond acceptors (Lipinski definition) is 6. The van der Waals surface area contributed by atoms with E-state index in [2.05, 4.69) is 20.5 Å². The molecule has 1 aromatic heterocycles. The fourth-order valence-electron chi connectivity index (χ4n) is 3.35. The molecule has 0 unspecified atom stereocenters. The molecule has 2 saturated heterocycles. The van der Waals surface area contributed by atoms with Gasteiger partial charge in [-0.05, 0) is 25.0 Å². The number of rotatable bonds is 9. The van der Waals surface area contributed by atoms with Gasteiger partial charge in [-0.2, -0.15) is 0 Å². The zero-order valence-electron chi connectivity index (χ0n) is 15.8. The molecule has 0 atom stereocenters. The maximum Gasteiger partial charge on any atom is 0.251 e. The molecule has 3 heterocycles. The van der Waals surface area contributed by atoms with Crippen molar-refractivity contribution in [3.8, 4) is 0 Å². The van der Waals surface area contributed by atoms with Crippen molar-refractivity contribution in [2.24, 2.45) is 0 Å². The molecule has 0 aromatic carbocycles. The molecule has 0 radical (unpaired) electrons. The Morgan fingerprint density at radius 2 is 2.04 bits per heavy atom. The highest BCUT2D eigenvalue weighted by Crippen LogP contribution is 2.10. The molecule has 0 saturated carbocycles. The predicted octanol–water partition coefficient (Wildman–Crippen LogP) is 0.568. The van der Waals surface area contributed by atoms with Crippen molar-refractivity contribution in [1.82, 2.24) is 20.1 Å². The lowest BCUT2D eigenvalue weighted by Crippen LogP contribution is -2.41. The molecule has 8 nitrogen and oxygen atoms in total. The van der Waals surface area contributed by atoms with Crippen LogP contribution in [0, 0.1) is 0 Å². The minimum Gasteiger partial charge on any atom is -0.379 e. The van der Waals surface area contributed by atoms with Crippen LogP contribution in [0.25, 0.3) is 0 Å². The third-order valence-electron chi connectivity index (χ3n) is 4.92. The van der Waals surface area contributed by atoms with Crippen molar-refractivity contribution in [2.75, 3.05) is 64.3 Å². The Labute approximate surface area is 160 Å². The number of ether oxygens (including phenoxy) is 1. The highest BCUT2D eigenvalue weighted by molar-refractivity contribution is 5.94. The summed E-state index contributed by atoms with van der Waals surface area (Å²) in [6.07, 6.45) is 4.15. The Morgan fingerprint density at radius 3 is 2.81 bits per heavy atom. The van der Waals surface area contributed by atoms with Gasteiger partial charge in [-0.3, -0.25) is 14.5 Å². The van der Waals surface area contributed by atoms with Crippen LogP contribution < -0.4 is 10.6 Å². The maximum atomic E-state index is 12.3. The third kappa shape index (κ3) is 6.18. The van der Waals surface area contributed by atoms with Crippen molar-refractivity contribution in [3.05, 3.63) is 23.9 Å². The van der Waals surface area contributed by atoms with Crippen molar-refractivity contribution < 1.29 is 14.3 Å². The van der Waals surface area contributed by atoms with Gasteiger partial charge in [0.2, 0.25) is 5.91 Å². The lowest BCUT2D eigenvalue weighted by atomic mass is 10.2. The summed E-state index contributed by atoms with van der Waals surface area (Å²) in [5, 5.41) is 6.20. The molecule has 2 N–H and O–H groups in total. The molecular weight excluding hydrogens is 346 g/mol. The highest BCUT2D eigenvalue weighted by Gasteiger charge is 2.19. The Morgan fingerprint density at radius 1 is 1.19 bits per heavy atom. The van der Waals surface area contributed by atoms with Crippen LogP contribution in [-0.2, 0) is 9.53 Å². The van der Waals surface area contributed by atoms with E-state index in [1.165, 1.54) is 0 Å². The summed E-state index contributed by atoms with van der Waals surface area (Å²) in [7, 11) is 0. The van der Waals surface area contributed by atoms with E-state index in [-0.39, 0.29) is 11.8 Å². The summed E-state index contributed by atoms with van der Waals surface area (Å²) in [6, 6.07) is 3.49. The van der Waals surface area contributed by atoms with Gasteiger partial charge in [0.15, 0.2) is 0 Å². The minimum absolute atomic E-state index is 0.0867. The smallest absolute Gasteiger partial charge is 0.251 e. The predicted molar refractivity (Wildman–Crippen MR) is 103 cm³/mol. The summed E-state index contributed by atoms with van der Waals surface area (Å²) in [5.41, 5.74) is 0.601. The van der Waals surface area contributed by atoms with Crippen LogP contribution in [0.3, 0.4) is 0 Å². The molecule has 2 aliphatic rings. The zero-order valence-corrected chi connectivity index (χ0v) is 15.8. The van der Waals surface area contributed by atoms with Gasteiger partial charge in [-0.1, -0.05) is 0 Å². The first-order valence-corrected chi connectivity index (χ1v) is 9.78. The number of morpholine rings is 1. The number of nitrogens with zero attached hydrogens (tertiary/aromatic N) is 3. The third-order valence-corrected chi connectivity index (χ3v) is 4.92. The Hall–Kier alpha value is -2.19. The summed E-state index contributed by atoms with van der Waals surface area (Å²) < 4.78 is 5.32. The second-order valence-corrected chi connectivity index (χ2v) is 6.90. The van der Waals surface area contributed by atoms with E-state index in [4.69, 9.17) is 4.74 Å². The molecule has 0 aliphatic carbocycles. The maximum absolute atomic E-state index is 12.3. The standard InChI is InChI=1S/C19H29N5O3/c25-18-3-1-8-24(18)9-2-5-20-17-15-16(4-6-21-17)19(26)22-7-10-23-11-13-27-14-12-23/h4,6,15H,1-3,5,7-14H2,(H,20,21)(H,22,26). The first-order valence-electron chi connectivity index (χ1n) is 9.78. The van der Waals surface area contributed by atoms with Crippen molar-refractivity contribution in [3.63, 3.8) is 0 Å². The van der Waals surface area contributed by atoms with Gasteiger partial charge >= 0.3 is 0 Å². The first kappa shape index (κ1) is 19.6. The summed E-state index contributed by atoms with van der Waals surface area (Å²) >= 11 is 0. The summed E-state index contributed by atoms with van der Waals surface area (Å²) in [5.74, 6) is 0.851. The number of nitrogens with one attached hydrogen (secondary N) is 2. The van der Waals surface area contributed by atoms with Crippen molar-refractivity contribution in [1.29, 1.82) is 0 Å². The van der Waals surface area contributed by atoms with E-state index in [0.29, 0.717) is 24.3 Å². The monoisotopic (exact) mass is 375 g/mol. The summed E-state index contributed by atoms with van der Waals surface area (Å²) in [4.78, 5) is 32.4. The number of hydrogen-bond donors (Lipinski definition) is 2. The molecule has 2 fully saturated rings. The molecule has 148 valence electrons. The van der Waals surface area contributed by atoms with E-state index in [9.17, 15) is 9.59 Å². The topological polar surface area (TPSA) is 86.8 Å². The van der Waals surface area contributed by atoms with Crippen LogP contribution in [0.15, 0.2) is 18.3 Å². The van der Waals surface area contributed by atoms with Gasteiger partial charge in [0, 0.05) is 64.0 Å². The number of carbonyl (C=O) groups excluding carboxylic acids is 2. The van der Waals surface area contributed by atoms with Crippen molar-refractivity contribution in [2.45, 2.75) is 19.3 Å². The molecule has 0 bridgehead atoms. The van der Waals surface area contributed by atoms with Crippen LogP contribution >= 0.6 is 0 Å². The zero-order chi connectivity index (χ0) is 18.9. The fourth-order valence-corrected chi connectivity index (χ4v) is 3.35. The fraction of sp³-hybridized carbons (Fsp3) is 0.632. The molecule has 1 aromatic rings. The van der Waals surface area contributed by atoms with Crippen LogP contribution in [0.1, 0.15) is 29.6 Å². The van der Waals surface area contributed by atoms with Crippen LogP contribution in [0.2, 0.25) is 0 Å². The lowest BCUT2D eigenvalue weighted by Gasteiger charge is -2.26. The van der Waals surface area contributed by atoms with E-state index in [1.54, 1.807) is 18.3 Å². The summed E-state index contributed by atoms with van der Waals surface area (Å²) in [6.45, 7) is 7.18. The van der Waals surface area contributed by atoms with E-state index in [1.807, 2.05) is 4.90 Å². The van der Waals surface area contributed by atoms with Crippen molar-refractivity contribution >= 4 is 17.6 Å². The van der Waals surface area contributed by atoms with Gasteiger partial charge < -0.3 is 20.3 Å². The van der Waals surface area contributed by atoms with E-state index < -0.39 is 0 Å². The molecule has 2 aliphatic heterocycles. The van der Waals surface area contributed by atoms with E-state index in [0.717, 1.165) is 65.3 Å². The van der Waals surface area contributed by atoms with Gasteiger partial charge in [-0.15, -0.1) is 0 Å². The number of carbonyl (C=O) groups is 2. The van der Waals surface area contributed by atoms with Gasteiger partial charge in [0.05, 0.1) is 13.2 Å². The Bertz CT molecular complexity index is 634. The van der Waals surface area contributed by atoms with Gasteiger partial charge in [-0.25, -0.2) is 4.98 Å². The Balaban J connectivity index is 1.36. The average Bonchev–Trinajstić information content (AvgIpc) is 3.11. The quantitative estimate of drug-likeness (QED) is 0.614. The molecular formula is C19H29N5O3. The molecule has 27 heavy (non-hydrogen) atoms. The second kappa shape index (κ2) is 10.2. The van der Waals surface area contributed by atoms with Crippen LogP contribution in [0.5, 0.6) is 0 Å². The molecule has 2 amide bonds. The molecule has 8 heteroatoms. The molecule has 0 spiro atoms. The second-order valence-electron chi connectivity index (χ2n) is 6.90. The average molecular weight is 375 g/mol. The van der Waals surface area contributed by atoms with Crippen LogP contribution in [-0.4, -0.2) is 85.6 Å². The number of anilines is 1. The SMILES string of the molecule is O=C(NCCN1CCOCC1)c1ccnc(NCCCN2CCCC2=O)c1. The molecule has 3 rings (SSSR count). The van der Waals surface area contributed by atoms with Gasteiger partial charge in [0.25, 0.3) is 5.91 Å². The number of aromatic nitrogens is 1. The minimum atomic E-state index is -0.0867. The van der Waals surface area contributed by atoms with Gasteiger partial charge in [0.1, 0.15) is 5.82 Å². The Kier molecular flexibility index (Phi) is 7.41.